The molecule has 2 aromatic rings. The van der Waals surface area contributed by atoms with E-state index in [0.717, 1.165) is 6.42 Å². The van der Waals surface area contributed by atoms with E-state index < -0.39 is 0 Å². The second kappa shape index (κ2) is 5.47. The summed E-state index contributed by atoms with van der Waals surface area (Å²) in [5.41, 5.74) is 8.93. The van der Waals surface area contributed by atoms with Crippen LogP contribution < -0.4 is 11.1 Å². The Labute approximate surface area is 118 Å². The Hall–Kier alpha value is -2.13. The molecular formula is C17H18N2O. The molecule has 0 spiro atoms. The molecule has 0 unspecified atom stereocenters. The van der Waals surface area contributed by atoms with Crippen LogP contribution in [0.4, 0.5) is 0 Å². The van der Waals surface area contributed by atoms with Crippen molar-refractivity contribution in [2.24, 2.45) is 5.73 Å². The van der Waals surface area contributed by atoms with Gasteiger partial charge in [0, 0.05) is 12.0 Å². The molecule has 20 heavy (non-hydrogen) atoms. The van der Waals surface area contributed by atoms with E-state index in [-0.39, 0.29) is 12.5 Å². The van der Waals surface area contributed by atoms with Gasteiger partial charge in [-0.3, -0.25) is 4.79 Å². The summed E-state index contributed by atoms with van der Waals surface area (Å²) in [7, 11) is 0. The van der Waals surface area contributed by atoms with Crippen LogP contribution in [0.1, 0.15) is 17.9 Å². The molecule has 2 aromatic carbocycles. The molecule has 3 N–H and O–H groups in total. The minimum atomic E-state index is -0.296. The number of benzene rings is 2. The van der Waals surface area contributed by atoms with E-state index in [1.807, 2.05) is 18.2 Å². The van der Waals surface area contributed by atoms with Crippen molar-refractivity contribution in [1.29, 1.82) is 0 Å². The Morgan fingerprint density at radius 2 is 1.70 bits per heavy atom. The van der Waals surface area contributed by atoms with Crippen LogP contribution in [-0.2, 0) is 4.79 Å². The molecule has 0 bridgehead atoms. The fourth-order valence-corrected chi connectivity index (χ4v) is 2.57. The fourth-order valence-electron chi connectivity index (χ4n) is 2.57. The summed E-state index contributed by atoms with van der Waals surface area (Å²) in [6.07, 6.45) is 1.08. The van der Waals surface area contributed by atoms with E-state index in [4.69, 9.17) is 5.73 Å². The SMILES string of the molecule is NC(=O)CN[C@@H]1C[C@H]1c1ccc(-c2ccccc2)cc1. The Bertz CT molecular complexity index is 592. The van der Waals surface area contributed by atoms with E-state index in [1.165, 1.54) is 16.7 Å². The summed E-state index contributed by atoms with van der Waals surface area (Å²) in [4.78, 5) is 10.7. The van der Waals surface area contributed by atoms with Crippen molar-refractivity contribution in [3.05, 3.63) is 60.2 Å². The number of nitrogens with two attached hydrogens (primary N) is 1. The third kappa shape index (κ3) is 2.89. The first-order valence-electron chi connectivity index (χ1n) is 6.91. The molecule has 0 radical (unpaired) electrons. The molecule has 1 saturated carbocycles. The molecule has 3 rings (SSSR count). The van der Waals surface area contributed by atoms with Crippen molar-refractivity contribution in [1.82, 2.24) is 5.32 Å². The zero-order valence-electron chi connectivity index (χ0n) is 11.3. The fraction of sp³-hybridized carbons (Fsp3) is 0.235. The Kier molecular flexibility index (Phi) is 3.52. The molecule has 0 aliphatic heterocycles. The minimum absolute atomic E-state index is 0.267. The zero-order chi connectivity index (χ0) is 13.9. The van der Waals surface area contributed by atoms with E-state index in [0.29, 0.717) is 12.0 Å². The summed E-state index contributed by atoms with van der Waals surface area (Å²) >= 11 is 0. The van der Waals surface area contributed by atoms with Gasteiger partial charge >= 0.3 is 0 Å². The first-order valence-corrected chi connectivity index (χ1v) is 6.91. The maximum Gasteiger partial charge on any atom is 0.231 e. The molecule has 0 heterocycles. The van der Waals surface area contributed by atoms with Crippen LogP contribution in [0.15, 0.2) is 54.6 Å². The quantitative estimate of drug-likeness (QED) is 0.872. The first kappa shape index (κ1) is 12.9. The number of primary amides is 1. The second-order valence-electron chi connectivity index (χ2n) is 5.28. The maximum absolute atomic E-state index is 10.7. The lowest BCUT2D eigenvalue weighted by molar-refractivity contribution is -0.117. The van der Waals surface area contributed by atoms with E-state index in [2.05, 4.69) is 41.7 Å². The van der Waals surface area contributed by atoms with Gasteiger partial charge in [-0.05, 0) is 23.1 Å². The van der Waals surface area contributed by atoms with E-state index in [9.17, 15) is 4.79 Å². The van der Waals surface area contributed by atoms with Gasteiger partial charge in [0.25, 0.3) is 0 Å². The largest absolute Gasteiger partial charge is 0.369 e. The van der Waals surface area contributed by atoms with Crippen LogP contribution in [0, 0.1) is 0 Å². The predicted octanol–water partition coefficient (Wildman–Crippen LogP) is 2.28. The third-order valence-corrected chi connectivity index (χ3v) is 3.77. The van der Waals surface area contributed by atoms with Crippen molar-refractivity contribution in [3.8, 4) is 11.1 Å². The summed E-state index contributed by atoms with van der Waals surface area (Å²) in [6, 6.07) is 19.4. The smallest absolute Gasteiger partial charge is 0.231 e. The summed E-state index contributed by atoms with van der Waals surface area (Å²) in [5, 5.41) is 3.18. The molecule has 1 aliphatic rings. The molecule has 0 aromatic heterocycles. The van der Waals surface area contributed by atoms with Gasteiger partial charge in [-0.15, -0.1) is 0 Å². The lowest BCUT2D eigenvalue weighted by Crippen LogP contribution is -2.30. The standard InChI is InChI=1S/C17H18N2O/c18-17(20)11-19-16-10-15(16)14-8-6-13(7-9-14)12-4-2-1-3-5-12/h1-9,15-16,19H,10-11H2,(H2,18,20)/t15-,16+/m0/s1. The number of rotatable bonds is 5. The topological polar surface area (TPSA) is 55.1 Å². The number of amides is 1. The molecule has 3 nitrogen and oxygen atoms in total. The Morgan fingerprint density at radius 3 is 2.35 bits per heavy atom. The lowest BCUT2D eigenvalue weighted by atomic mass is 10.0. The molecule has 2 atom stereocenters. The van der Waals surface area contributed by atoms with Crippen LogP contribution in [0.3, 0.4) is 0 Å². The highest BCUT2D eigenvalue weighted by Crippen LogP contribution is 2.41. The van der Waals surface area contributed by atoms with Crippen LogP contribution in [-0.4, -0.2) is 18.5 Å². The minimum Gasteiger partial charge on any atom is -0.369 e. The van der Waals surface area contributed by atoms with Crippen LogP contribution >= 0.6 is 0 Å². The molecule has 1 amide bonds. The summed E-state index contributed by atoms with van der Waals surface area (Å²) in [6.45, 7) is 0.267. The van der Waals surface area contributed by atoms with Gasteiger partial charge in [-0.1, -0.05) is 54.6 Å². The van der Waals surface area contributed by atoms with Crippen molar-refractivity contribution in [2.75, 3.05) is 6.54 Å². The molecule has 0 saturated heterocycles. The number of carbonyl (C=O) groups is 1. The Balaban J connectivity index is 1.65. The predicted molar refractivity (Wildman–Crippen MR) is 80.2 cm³/mol. The average molecular weight is 266 g/mol. The normalized spacial score (nSPS) is 20.6. The number of carbonyl (C=O) groups excluding carboxylic acids is 1. The second-order valence-corrected chi connectivity index (χ2v) is 5.28. The highest BCUT2D eigenvalue weighted by Gasteiger charge is 2.37. The van der Waals surface area contributed by atoms with Gasteiger partial charge in [0.15, 0.2) is 0 Å². The van der Waals surface area contributed by atoms with Gasteiger partial charge in [0.1, 0.15) is 0 Å². The summed E-state index contributed by atoms with van der Waals surface area (Å²) in [5.74, 6) is 0.217. The third-order valence-electron chi connectivity index (χ3n) is 3.77. The molecule has 3 heteroatoms. The van der Waals surface area contributed by atoms with Crippen molar-refractivity contribution in [3.63, 3.8) is 0 Å². The zero-order valence-corrected chi connectivity index (χ0v) is 11.3. The highest BCUT2D eigenvalue weighted by molar-refractivity contribution is 5.76. The molecule has 1 aliphatic carbocycles. The van der Waals surface area contributed by atoms with Gasteiger partial charge in [-0.2, -0.15) is 0 Å². The average Bonchev–Trinajstić information content (AvgIpc) is 3.26. The van der Waals surface area contributed by atoms with Crippen LogP contribution in [0.5, 0.6) is 0 Å². The van der Waals surface area contributed by atoms with E-state index in [1.54, 1.807) is 0 Å². The number of hydrogen-bond donors (Lipinski definition) is 2. The monoisotopic (exact) mass is 266 g/mol. The van der Waals surface area contributed by atoms with Crippen molar-refractivity contribution < 1.29 is 4.79 Å². The molecule has 1 fully saturated rings. The van der Waals surface area contributed by atoms with Crippen molar-refractivity contribution in [2.45, 2.75) is 18.4 Å². The lowest BCUT2D eigenvalue weighted by Gasteiger charge is -2.05. The van der Waals surface area contributed by atoms with Gasteiger partial charge in [0.05, 0.1) is 6.54 Å². The number of hydrogen-bond acceptors (Lipinski definition) is 2. The Morgan fingerprint density at radius 1 is 1.05 bits per heavy atom. The highest BCUT2D eigenvalue weighted by atomic mass is 16.1. The van der Waals surface area contributed by atoms with Gasteiger partial charge in [0.2, 0.25) is 5.91 Å². The van der Waals surface area contributed by atoms with Crippen LogP contribution in [0.2, 0.25) is 0 Å². The van der Waals surface area contributed by atoms with Crippen LogP contribution in [0.25, 0.3) is 11.1 Å². The van der Waals surface area contributed by atoms with E-state index >= 15 is 0 Å². The first-order chi connectivity index (χ1) is 9.74. The molecule has 102 valence electrons. The number of nitrogens with one attached hydrogen (secondary N) is 1. The van der Waals surface area contributed by atoms with Gasteiger partial charge < -0.3 is 11.1 Å². The van der Waals surface area contributed by atoms with Gasteiger partial charge in [-0.25, -0.2) is 0 Å². The summed E-state index contributed by atoms with van der Waals surface area (Å²) < 4.78 is 0. The molecular weight excluding hydrogens is 248 g/mol. The van der Waals surface area contributed by atoms with Crippen molar-refractivity contribution >= 4 is 5.91 Å². The maximum atomic E-state index is 10.7.